The molecule has 1 saturated carbocycles. The summed E-state index contributed by atoms with van der Waals surface area (Å²) in [5, 5.41) is 12.6. The molecule has 2 unspecified atom stereocenters. The SMILES string of the molecule is CCC(NC(C)CCCO)C1CCCCC1. The zero-order valence-corrected chi connectivity index (χ0v) is 11.0. The average Bonchev–Trinajstić information content (AvgIpc) is 2.34. The van der Waals surface area contributed by atoms with Crippen LogP contribution in [0.4, 0.5) is 0 Å². The highest BCUT2D eigenvalue weighted by atomic mass is 16.2. The number of hydrogen-bond donors (Lipinski definition) is 2. The maximum Gasteiger partial charge on any atom is 0.0431 e. The zero-order valence-electron chi connectivity index (χ0n) is 11.0. The topological polar surface area (TPSA) is 32.3 Å². The van der Waals surface area contributed by atoms with Crippen LogP contribution >= 0.6 is 0 Å². The Hall–Kier alpha value is -0.0800. The van der Waals surface area contributed by atoms with Gasteiger partial charge < -0.3 is 10.4 Å². The fourth-order valence-corrected chi connectivity index (χ4v) is 2.97. The van der Waals surface area contributed by atoms with Crippen LogP contribution in [-0.4, -0.2) is 23.8 Å². The number of hydrogen-bond acceptors (Lipinski definition) is 2. The molecule has 0 radical (unpaired) electrons. The van der Waals surface area contributed by atoms with E-state index < -0.39 is 0 Å². The van der Waals surface area contributed by atoms with Crippen LogP contribution in [-0.2, 0) is 0 Å². The predicted molar refractivity (Wildman–Crippen MR) is 69.6 cm³/mol. The van der Waals surface area contributed by atoms with Crippen LogP contribution in [0.3, 0.4) is 0 Å². The highest BCUT2D eigenvalue weighted by Crippen LogP contribution is 2.28. The number of nitrogens with one attached hydrogen (secondary N) is 1. The minimum absolute atomic E-state index is 0.326. The normalized spacial score (nSPS) is 21.9. The van der Waals surface area contributed by atoms with E-state index in [9.17, 15) is 0 Å². The molecule has 0 saturated heterocycles. The second kappa shape index (κ2) is 8.08. The van der Waals surface area contributed by atoms with Gasteiger partial charge in [0, 0.05) is 18.7 Å². The van der Waals surface area contributed by atoms with Gasteiger partial charge in [0.2, 0.25) is 0 Å². The smallest absolute Gasteiger partial charge is 0.0431 e. The molecule has 2 heteroatoms. The molecule has 0 bridgehead atoms. The minimum Gasteiger partial charge on any atom is -0.396 e. The lowest BCUT2D eigenvalue weighted by Crippen LogP contribution is -2.42. The molecule has 0 spiro atoms. The summed E-state index contributed by atoms with van der Waals surface area (Å²) in [6.07, 6.45) is 10.4. The number of aliphatic hydroxyl groups excluding tert-OH is 1. The summed E-state index contributed by atoms with van der Waals surface area (Å²) in [4.78, 5) is 0. The second-order valence-corrected chi connectivity index (χ2v) is 5.35. The summed E-state index contributed by atoms with van der Waals surface area (Å²) in [6.45, 7) is 4.87. The number of aliphatic hydroxyl groups is 1. The zero-order chi connectivity index (χ0) is 11.8. The van der Waals surface area contributed by atoms with Crippen LogP contribution < -0.4 is 5.32 Å². The van der Waals surface area contributed by atoms with Crippen molar-refractivity contribution >= 4 is 0 Å². The van der Waals surface area contributed by atoms with Crippen LogP contribution in [0.15, 0.2) is 0 Å². The number of rotatable bonds is 7. The van der Waals surface area contributed by atoms with Gasteiger partial charge in [0.1, 0.15) is 0 Å². The maximum absolute atomic E-state index is 8.83. The first-order valence-electron chi connectivity index (χ1n) is 7.14. The summed E-state index contributed by atoms with van der Waals surface area (Å²) < 4.78 is 0. The lowest BCUT2D eigenvalue weighted by Gasteiger charge is -2.32. The van der Waals surface area contributed by atoms with Gasteiger partial charge in [-0.15, -0.1) is 0 Å². The average molecular weight is 227 g/mol. The van der Waals surface area contributed by atoms with Crippen molar-refractivity contribution in [2.24, 2.45) is 5.92 Å². The summed E-state index contributed by atoms with van der Waals surface area (Å²) in [5.41, 5.74) is 0. The van der Waals surface area contributed by atoms with Gasteiger partial charge in [0.25, 0.3) is 0 Å². The van der Waals surface area contributed by atoms with Crippen molar-refractivity contribution in [1.29, 1.82) is 0 Å². The Bertz CT molecular complexity index is 166. The Morgan fingerprint density at radius 2 is 1.94 bits per heavy atom. The first-order chi connectivity index (χ1) is 7.77. The molecule has 1 aliphatic rings. The van der Waals surface area contributed by atoms with E-state index in [1.54, 1.807) is 0 Å². The molecule has 0 aromatic heterocycles. The van der Waals surface area contributed by atoms with E-state index in [1.165, 1.54) is 38.5 Å². The van der Waals surface area contributed by atoms with Crippen molar-refractivity contribution in [2.75, 3.05) is 6.61 Å². The third-order valence-corrected chi connectivity index (χ3v) is 3.95. The Morgan fingerprint density at radius 3 is 2.50 bits per heavy atom. The molecule has 2 atom stereocenters. The second-order valence-electron chi connectivity index (χ2n) is 5.35. The molecule has 16 heavy (non-hydrogen) atoms. The third-order valence-electron chi connectivity index (χ3n) is 3.95. The van der Waals surface area contributed by atoms with E-state index in [2.05, 4.69) is 19.2 Å². The predicted octanol–water partition coefficient (Wildman–Crippen LogP) is 3.10. The molecular formula is C14H29NO. The van der Waals surface area contributed by atoms with E-state index in [4.69, 9.17) is 5.11 Å². The monoisotopic (exact) mass is 227 g/mol. The van der Waals surface area contributed by atoms with Gasteiger partial charge in [-0.2, -0.15) is 0 Å². The van der Waals surface area contributed by atoms with E-state index >= 15 is 0 Å². The Kier molecular flexibility index (Phi) is 7.06. The van der Waals surface area contributed by atoms with Crippen LogP contribution in [0.25, 0.3) is 0 Å². The molecule has 1 fully saturated rings. The van der Waals surface area contributed by atoms with E-state index in [0.717, 1.165) is 18.8 Å². The fourth-order valence-electron chi connectivity index (χ4n) is 2.97. The van der Waals surface area contributed by atoms with Crippen molar-refractivity contribution in [3.63, 3.8) is 0 Å². The first kappa shape index (κ1) is 14.0. The summed E-state index contributed by atoms with van der Waals surface area (Å²) >= 11 is 0. The molecule has 0 heterocycles. The van der Waals surface area contributed by atoms with Gasteiger partial charge >= 0.3 is 0 Å². The third kappa shape index (κ3) is 4.84. The molecule has 0 aromatic rings. The van der Waals surface area contributed by atoms with Crippen molar-refractivity contribution in [3.8, 4) is 0 Å². The summed E-state index contributed by atoms with van der Waals surface area (Å²) in [5.74, 6) is 0.898. The van der Waals surface area contributed by atoms with Gasteiger partial charge in [0.15, 0.2) is 0 Å². The quantitative estimate of drug-likeness (QED) is 0.700. The van der Waals surface area contributed by atoms with Crippen LogP contribution in [0.2, 0.25) is 0 Å². The van der Waals surface area contributed by atoms with Gasteiger partial charge in [-0.05, 0) is 44.9 Å². The molecule has 0 aliphatic heterocycles. The standard InChI is InChI=1S/C14H29NO/c1-3-14(13-9-5-4-6-10-13)15-12(2)8-7-11-16/h12-16H,3-11H2,1-2H3. The fraction of sp³-hybridized carbons (Fsp3) is 1.00. The molecule has 1 rings (SSSR count). The van der Waals surface area contributed by atoms with Gasteiger partial charge in [-0.25, -0.2) is 0 Å². The van der Waals surface area contributed by atoms with Gasteiger partial charge in [0.05, 0.1) is 0 Å². The molecule has 0 amide bonds. The van der Waals surface area contributed by atoms with Crippen LogP contribution in [0.5, 0.6) is 0 Å². The van der Waals surface area contributed by atoms with Crippen LogP contribution in [0, 0.1) is 5.92 Å². The van der Waals surface area contributed by atoms with Gasteiger partial charge in [-0.1, -0.05) is 26.2 Å². The lowest BCUT2D eigenvalue weighted by atomic mass is 9.82. The van der Waals surface area contributed by atoms with Crippen molar-refractivity contribution in [3.05, 3.63) is 0 Å². The maximum atomic E-state index is 8.83. The lowest BCUT2D eigenvalue weighted by molar-refractivity contribution is 0.234. The molecule has 0 aromatic carbocycles. The molecule has 2 nitrogen and oxygen atoms in total. The van der Waals surface area contributed by atoms with E-state index in [-0.39, 0.29) is 0 Å². The minimum atomic E-state index is 0.326. The van der Waals surface area contributed by atoms with Crippen molar-refractivity contribution < 1.29 is 5.11 Å². The molecular weight excluding hydrogens is 198 g/mol. The Labute approximate surface area is 101 Å². The Balaban J connectivity index is 2.29. The van der Waals surface area contributed by atoms with E-state index in [1.807, 2.05) is 0 Å². The van der Waals surface area contributed by atoms with Crippen molar-refractivity contribution in [2.45, 2.75) is 77.3 Å². The van der Waals surface area contributed by atoms with E-state index in [0.29, 0.717) is 18.7 Å². The molecule has 2 N–H and O–H groups in total. The first-order valence-corrected chi connectivity index (χ1v) is 7.14. The Morgan fingerprint density at radius 1 is 1.25 bits per heavy atom. The molecule has 1 aliphatic carbocycles. The summed E-state index contributed by atoms with van der Waals surface area (Å²) in [6, 6.07) is 1.26. The highest BCUT2D eigenvalue weighted by Gasteiger charge is 2.22. The van der Waals surface area contributed by atoms with Gasteiger partial charge in [-0.3, -0.25) is 0 Å². The molecule has 96 valence electrons. The summed E-state index contributed by atoms with van der Waals surface area (Å²) in [7, 11) is 0. The largest absolute Gasteiger partial charge is 0.396 e. The highest BCUT2D eigenvalue weighted by molar-refractivity contribution is 4.80. The van der Waals surface area contributed by atoms with Crippen molar-refractivity contribution in [1.82, 2.24) is 5.32 Å². The van der Waals surface area contributed by atoms with Crippen LogP contribution in [0.1, 0.15) is 65.2 Å².